The zero-order chi connectivity index (χ0) is 13.8. The molecule has 5 heteroatoms. The summed E-state index contributed by atoms with van der Waals surface area (Å²) in [7, 11) is 3.38. The Kier molecular flexibility index (Phi) is 5.56. The second-order valence-corrected chi connectivity index (χ2v) is 5.64. The van der Waals surface area contributed by atoms with E-state index in [0.717, 1.165) is 13.1 Å². The summed E-state index contributed by atoms with van der Waals surface area (Å²) in [5, 5.41) is 0. The second kappa shape index (κ2) is 6.50. The first kappa shape index (κ1) is 15.4. The molecule has 0 radical (unpaired) electrons. The lowest BCUT2D eigenvalue weighted by Gasteiger charge is -2.21. The Morgan fingerprint density at radius 1 is 1.17 bits per heavy atom. The summed E-state index contributed by atoms with van der Waals surface area (Å²) in [5.41, 5.74) is -0.410. The van der Waals surface area contributed by atoms with Gasteiger partial charge in [0.2, 0.25) is 0 Å². The van der Waals surface area contributed by atoms with E-state index in [1.165, 1.54) is 0 Å². The molecular weight excluding hydrogens is 234 g/mol. The van der Waals surface area contributed by atoms with E-state index in [1.807, 2.05) is 20.8 Å². The zero-order valence-electron chi connectivity index (χ0n) is 12.1. The molecule has 1 aliphatic heterocycles. The van der Waals surface area contributed by atoms with E-state index < -0.39 is 5.60 Å². The van der Waals surface area contributed by atoms with Crippen LogP contribution in [0.2, 0.25) is 0 Å². The van der Waals surface area contributed by atoms with Crippen LogP contribution in [0.15, 0.2) is 0 Å². The smallest absolute Gasteiger partial charge is 0.307 e. The number of rotatable bonds is 5. The molecule has 1 fully saturated rings. The number of likely N-dealkylation sites (tertiary alicyclic amines) is 1. The van der Waals surface area contributed by atoms with Crippen LogP contribution in [0.5, 0.6) is 0 Å². The second-order valence-electron chi connectivity index (χ2n) is 5.64. The van der Waals surface area contributed by atoms with Crippen molar-refractivity contribution < 1.29 is 19.0 Å². The number of esters is 1. The highest BCUT2D eigenvalue weighted by atomic mass is 16.6. The van der Waals surface area contributed by atoms with E-state index in [4.69, 9.17) is 14.2 Å². The van der Waals surface area contributed by atoms with E-state index in [1.54, 1.807) is 14.2 Å². The first-order valence-electron chi connectivity index (χ1n) is 6.35. The lowest BCUT2D eigenvalue weighted by atomic mass is 10.2. The van der Waals surface area contributed by atoms with E-state index in [9.17, 15) is 4.79 Å². The lowest BCUT2D eigenvalue weighted by molar-refractivity contribution is -0.155. The molecule has 0 aromatic carbocycles. The number of hydrogen-bond donors (Lipinski definition) is 0. The maximum Gasteiger partial charge on any atom is 0.307 e. The van der Waals surface area contributed by atoms with Crippen LogP contribution < -0.4 is 0 Å². The van der Waals surface area contributed by atoms with Gasteiger partial charge in [0.15, 0.2) is 0 Å². The van der Waals surface area contributed by atoms with Gasteiger partial charge in [-0.1, -0.05) is 0 Å². The minimum Gasteiger partial charge on any atom is -0.460 e. The first-order chi connectivity index (χ1) is 8.35. The van der Waals surface area contributed by atoms with Crippen LogP contribution in [0.3, 0.4) is 0 Å². The zero-order valence-corrected chi connectivity index (χ0v) is 12.1. The molecule has 106 valence electrons. The Morgan fingerprint density at radius 3 is 2.06 bits per heavy atom. The molecule has 5 nitrogen and oxygen atoms in total. The molecule has 1 rings (SSSR count). The highest BCUT2D eigenvalue weighted by Crippen LogP contribution is 2.16. The highest BCUT2D eigenvalue weighted by molar-refractivity contribution is 5.70. The van der Waals surface area contributed by atoms with Gasteiger partial charge in [-0.25, -0.2) is 0 Å². The lowest BCUT2D eigenvalue weighted by Crippen LogP contribution is -2.29. The first-order valence-corrected chi connectivity index (χ1v) is 6.35. The summed E-state index contributed by atoms with van der Waals surface area (Å²) in [4.78, 5) is 13.8. The highest BCUT2D eigenvalue weighted by Gasteiger charge is 2.33. The van der Waals surface area contributed by atoms with Gasteiger partial charge in [0.1, 0.15) is 5.60 Å². The molecule has 0 aliphatic carbocycles. The number of hydrogen-bond acceptors (Lipinski definition) is 5. The van der Waals surface area contributed by atoms with Crippen LogP contribution in [0, 0.1) is 0 Å². The van der Waals surface area contributed by atoms with Crippen LogP contribution in [-0.2, 0) is 19.0 Å². The minimum atomic E-state index is -0.410. The molecule has 1 heterocycles. The van der Waals surface area contributed by atoms with Gasteiger partial charge in [0.05, 0.1) is 18.6 Å². The topological polar surface area (TPSA) is 48.0 Å². The number of methoxy groups -OCH3 is 2. The van der Waals surface area contributed by atoms with Crippen molar-refractivity contribution in [2.45, 2.75) is 45.0 Å². The summed E-state index contributed by atoms with van der Waals surface area (Å²) < 4.78 is 16.0. The molecule has 0 spiro atoms. The molecule has 1 saturated heterocycles. The summed E-state index contributed by atoms with van der Waals surface area (Å²) in [6, 6.07) is 0. The van der Waals surface area contributed by atoms with Gasteiger partial charge in [0, 0.05) is 33.9 Å². The van der Waals surface area contributed by atoms with E-state index in [2.05, 4.69) is 4.90 Å². The molecule has 1 aliphatic rings. The van der Waals surface area contributed by atoms with Gasteiger partial charge in [0.25, 0.3) is 0 Å². The SMILES string of the molecule is COC1CN(CCC(=O)OC(C)(C)C)CC1OC. The van der Waals surface area contributed by atoms with E-state index in [-0.39, 0.29) is 18.2 Å². The number of nitrogens with zero attached hydrogens (tertiary/aromatic N) is 1. The maximum atomic E-state index is 11.6. The van der Waals surface area contributed by atoms with Crippen LogP contribution in [-0.4, -0.2) is 62.5 Å². The molecule has 0 N–H and O–H groups in total. The number of carbonyl (C=O) groups is 1. The Labute approximate surface area is 109 Å². The predicted molar refractivity (Wildman–Crippen MR) is 68.5 cm³/mol. The molecule has 0 amide bonds. The average Bonchev–Trinajstić information content (AvgIpc) is 2.66. The van der Waals surface area contributed by atoms with Gasteiger partial charge in [-0.15, -0.1) is 0 Å². The summed E-state index contributed by atoms with van der Waals surface area (Å²) in [5.74, 6) is -0.155. The fourth-order valence-electron chi connectivity index (χ4n) is 2.10. The minimum absolute atomic E-state index is 0.0913. The Balaban J connectivity index is 2.31. The Bertz CT molecular complexity index is 263. The standard InChI is InChI=1S/C13H25NO4/c1-13(2,3)18-12(15)6-7-14-8-10(16-4)11(9-14)17-5/h10-11H,6-9H2,1-5H3. The van der Waals surface area contributed by atoms with Gasteiger partial charge < -0.3 is 14.2 Å². The summed E-state index contributed by atoms with van der Waals surface area (Å²) >= 11 is 0. The largest absolute Gasteiger partial charge is 0.460 e. The van der Waals surface area contributed by atoms with Gasteiger partial charge in [-0.2, -0.15) is 0 Å². The number of carbonyl (C=O) groups excluding carboxylic acids is 1. The summed E-state index contributed by atoms with van der Waals surface area (Å²) in [6.45, 7) is 7.93. The average molecular weight is 259 g/mol. The Morgan fingerprint density at radius 2 is 1.67 bits per heavy atom. The molecular formula is C13H25NO4. The van der Waals surface area contributed by atoms with Crippen molar-refractivity contribution in [1.82, 2.24) is 4.90 Å². The van der Waals surface area contributed by atoms with E-state index >= 15 is 0 Å². The van der Waals surface area contributed by atoms with Crippen molar-refractivity contribution in [3.05, 3.63) is 0 Å². The van der Waals surface area contributed by atoms with E-state index in [0.29, 0.717) is 13.0 Å². The van der Waals surface area contributed by atoms with Crippen LogP contribution in [0.4, 0.5) is 0 Å². The molecule has 2 unspecified atom stereocenters. The molecule has 0 saturated carbocycles. The van der Waals surface area contributed by atoms with Crippen molar-refractivity contribution in [3.8, 4) is 0 Å². The molecule has 0 aromatic rings. The number of ether oxygens (including phenoxy) is 3. The van der Waals surface area contributed by atoms with Crippen molar-refractivity contribution >= 4 is 5.97 Å². The van der Waals surface area contributed by atoms with Crippen LogP contribution >= 0.6 is 0 Å². The molecule has 2 atom stereocenters. The monoisotopic (exact) mass is 259 g/mol. The normalized spacial score (nSPS) is 25.4. The fourth-order valence-corrected chi connectivity index (χ4v) is 2.10. The maximum absolute atomic E-state index is 11.6. The Hall–Kier alpha value is -0.650. The third-order valence-electron chi connectivity index (χ3n) is 2.95. The molecule has 0 bridgehead atoms. The van der Waals surface area contributed by atoms with Crippen LogP contribution in [0.1, 0.15) is 27.2 Å². The molecule has 18 heavy (non-hydrogen) atoms. The van der Waals surface area contributed by atoms with Crippen molar-refractivity contribution in [1.29, 1.82) is 0 Å². The van der Waals surface area contributed by atoms with Crippen molar-refractivity contribution in [2.24, 2.45) is 0 Å². The van der Waals surface area contributed by atoms with Crippen LogP contribution in [0.25, 0.3) is 0 Å². The molecule has 0 aromatic heterocycles. The third-order valence-corrected chi connectivity index (χ3v) is 2.95. The third kappa shape index (κ3) is 4.92. The van der Waals surface area contributed by atoms with Gasteiger partial charge in [-0.3, -0.25) is 9.69 Å². The van der Waals surface area contributed by atoms with Crippen molar-refractivity contribution in [2.75, 3.05) is 33.9 Å². The van der Waals surface area contributed by atoms with Gasteiger partial charge in [-0.05, 0) is 20.8 Å². The quantitative estimate of drug-likeness (QED) is 0.691. The fraction of sp³-hybridized carbons (Fsp3) is 0.923. The van der Waals surface area contributed by atoms with Gasteiger partial charge >= 0.3 is 5.97 Å². The summed E-state index contributed by atoms with van der Waals surface area (Å²) in [6.07, 6.45) is 0.590. The predicted octanol–water partition coefficient (Wildman–Crippen LogP) is 1.06. The van der Waals surface area contributed by atoms with Crippen molar-refractivity contribution in [3.63, 3.8) is 0 Å².